The SMILES string of the molecule is CC(C)(CNc1cc(C(=O)O)c(N)cn1)S(C)(=O)=O. The first-order valence-corrected chi connectivity index (χ1v) is 7.36. The van der Waals surface area contributed by atoms with Crippen LogP contribution >= 0.6 is 0 Å². The number of aromatic carboxylic acids is 1. The van der Waals surface area contributed by atoms with Crippen molar-refractivity contribution in [2.75, 3.05) is 23.9 Å². The highest BCUT2D eigenvalue weighted by atomic mass is 32.2. The van der Waals surface area contributed by atoms with Crippen LogP contribution in [0.4, 0.5) is 11.5 Å². The lowest BCUT2D eigenvalue weighted by atomic mass is 10.2. The molecule has 19 heavy (non-hydrogen) atoms. The van der Waals surface area contributed by atoms with Crippen molar-refractivity contribution >= 4 is 27.3 Å². The molecule has 0 aromatic carbocycles. The van der Waals surface area contributed by atoms with Crippen LogP contribution in [-0.4, -0.2) is 42.0 Å². The number of pyridine rings is 1. The second-order valence-corrected chi connectivity index (χ2v) is 7.50. The number of nitrogens with two attached hydrogens (primary N) is 1. The summed E-state index contributed by atoms with van der Waals surface area (Å²) in [6.07, 6.45) is 2.37. The van der Waals surface area contributed by atoms with E-state index in [2.05, 4.69) is 10.3 Å². The molecule has 1 rings (SSSR count). The minimum atomic E-state index is -3.24. The normalized spacial score (nSPS) is 12.2. The van der Waals surface area contributed by atoms with E-state index in [0.29, 0.717) is 0 Å². The Morgan fingerprint density at radius 1 is 1.53 bits per heavy atom. The summed E-state index contributed by atoms with van der Waals surface area (Å²) in [7, 11) is -3.24. The summed E-state index contributed by atoms with van der Waals surface area (Å²) < 4.78 is 22.1. The van der Waals surface area contributed by atoms with Gasteiger partial charge in [0.05, 0.1) is 22.2 Å². The molecule has 0 aliphatic heterocycles. The third-order valence-corrected chi connectivity index (χ3v) is 5.02. The molecule has 0 spiro atoms. The lowest BCUT2D eigenvalue weighted by Crippen LogP contribution is -2.38. The van der Waals surface area contributed by atoms with Crippen LogP contribution in [0.5, 0.6) is 0 Å². The number of anilines is 2. The maximum absolute atomic E-state index is 11.5. The van der Waals surface area contributed by atoms with Crippen LogP contribution in [0.2, 0.25) is 0 Å². The van der Waals surface area contributed by atoms with Gasteiger partial charge in [0.1, 0.15) is 5.82 Å². The number of sulfone groups is 1. The second-order valence-electron chi connectivity index (χ2n) is 4.85. The molecule has 0 radical (unpaired) electrons. The lowest BCUT2D eigenvalue weighted by Gasteiger charge is -2.23. The fourth-order valence-electron chi connectivity index (χ4n) is 1.18. The van der Waals surface area contributed by atoms with Crippen LogP contribution in [0.15, 0.2) is 12.3 Å². The molecular weight excluding hydrogens is 270 g/mol. The van der Waals surface area contributed by atoms with E-state index in [1.165, 1.54) is 12.3 Å². The van der Waals surface area contributed by atoms with E-state index in [-0.39, 0.29) is 23.6 Å². The van der Waals surface area contributed by atoms with Crippen molar-refractivity contribution in [3.63, 3.8) is 0 Å². The van der Waals surface area contributed by atoms with Gasteiger partial charge in [-0.25, -0.2) is 18.2 Å². The molecule has 4 N–H and O–H groups in total. The molecule has 7 nitrogen and oxygen atoms in total. The Kier molecular flexibility index (Phi) is 4.04. The predicted molar refractivity (Wildman–Crippen MR) is 73.0 cm³/mol. The third-order valence-electron chi connectivity index (χ3n) is 2.86. The van der Waals surface area contributed by atoms with Crippen molar-refractivity contribution in [1.82, 2.24) is 4.98 Å². The molecule has 0 bridgehead atoms. The van der Waals surface area contributed by atoms with Gasteiger partial charge >= 0.3 is 5.97 Å². The summed E-state index contributed by atoms with van der Waals surface area (Å²) in [5.74, 6) is -0.895. The van der Waals surface area contributed by atoms with Crippen LogP contribution in [0.1, 0.15) is 24.2 Å². The first-order chi connectivity index (χ1) is 8.54. The fraction of sp³-hybridized carbons (Fsp3) is 0.455. The van der Waals surface area contributed by atoms with E-state index in [0.717, 1.165) is 6.26 Å². The van der Waals surface area contributed by atoms with E-state index in [1.54, 1.807) is 13.8 Å². The quantitative estimate of drug-likeness (QED) is 0.724. The number of nitrogen functional groups attached to an aromatic ring is 1. The summed E-state index contributed by atoms with van der Waals surface area (Å²) in [4.78, 5) is 14.8. The van der Waals surface area contributed by atoms with E-state index in [9.17, 15) is 13.2 Å². The number of rotatable bonds is 5. The summed E-state index contributed by atoms with van der Waals surface area (Å²) in [5, 5.41) is 11.7. The van der Waals surface area contributed by atoms with Crippen molar-refractivity contribution in [2.45, 2.75) is 18.6 Å². The smallest absolute Gasteiger partial charge is 0.337 e. The molecule has 0 atom stereocenters. The first-order valence-electron chi connectivity index (χ1n) is 5.47. The van der Waals surface area contributed by atoms with Crippen molar-refractivity contribution in [2.24, 2.45) is 0 Å². The van der Waals surface area contributed by atoms with E-state index in [4.69, 9.17) is 10.8 Å². The topological polar surface area (TPSA) is 122 Å². The van der Waals surface area contributed by atoms with Gasteiger partial charge in [0.25, 0.3) is 0 Å². The Bertz CT molecular complexity index is 596. The van der Waals surface area contributed by atoms with Gasteiger partial charge in [-0.1, -0.05) is 0 Å². The van der Waals surface area contributed by atoms with Crippen LogP contribution in [-0.2, 0) is 9.84 Å². The van der Waals surface area contributed by atoms with Gasteiger partial charge in [-0.3, -0.25) is 0 Å². The predicted octanol–water partition coefficient (Wildman–Crippen LogP) is 0.597. The molecule has 0 aliphatic rings. The van der Waals surface area contributed by atoms with Crippen LogP contribution in [0.25, 0.3) is 0 Å². The molecule has 0 fully saturated rings. The largest absolute Gasteiger partial charge is 0.478 e. The monoisotopic (exact) mass is 287 g/mol. The molecular formula is C11H17N3O4S. The Balaban J connectivity index is 2.91. The van der Waals surface area contributed by atoms with Gasteiger partial charge < -0.3 is 16.2 Å². The number of hydrogen-bond acceptors (Lipinski definition) is 6. The van der Waals surface area contributed by atoms with Gasteiger partial charge in [-0.2, -0.15) is 0 Å². The molecule has 1 aromatic heterocycles. The highest BCUT2D eigenvalue weighted by Gasteiger charge is 2.30. The Hall–Kier alpha value is -1.83. The minimum Gasteiger partial charge on any atom is -0.478 e. The zero-order chi connectivity index (χ0) is 14.8. The lowest BCUT2D eigenvalue weighted by molar-refractivity contribution is 0.0698. The summed E-state index contributed by atoms with van der Waals surface area (Å²) in [6, 6.07) is 1.27. The van der Waals surface area contributed by atoms with Gasteiger partial charge in [0, 0.05) is 12.8 Å². The molecule has 0 aliphatic carbocycles. The summed E-state index contributed by atoms with van der Waals surface area (Å²) >= 11 is 0. The van der Waals surface area contributed by atoms with Gasteiger partial charge in [0.2, 0.25) is 0 Å². The average molecular weight is 287 g/mol. The van der Waals surface area contributed by atoms with E-state index >= 15 is 0 Å². The molecule has 106 valence electrons. The molecule has 1 heterocycles. The first kappa shape index (κ1) is 15.2. The van der Waals surface area contributed by atoms with Crippen molar-refractivity contribution in [1.29, 1.82) is 0 Å². The fourth-order valence-corrected chi connectivity index (χ4v) is 1.52. The number of nitrogens with one attached hydrogen (secondary N) is 1. The van der Waals surface area contributed by atoms with Crippen LogP contribution < -0.4 is 11.1 Å². The summed E-state index contributed by atoms with van der Waals surface area (Å²) in [5.41, 5.74) is 5.46. The van der Waals surface area contributed by atoms with Gasteiger partial charge in [-0.05, 0) is 19.9 Å². The maximum atomic E-state index is 11.5. The van der Waals surface area contributed by atoms with Gasteiger partial charge in [0.15, 0.2) is 9.84 Å². The minimum absolute atomic E-state index is 0.0559. The molecule has 0 unspecified atom stereocenters. The zero-order valence-corrected chi connectivity index (χ0v) is 11.8. The number of aromatic nitrogens is 1. The van der Waals surface area contributed by atoms with Gasteiger partial charge in [-0.15, -0.1) is 0 Å². The molecule has 0 amide bonds. The Morgan fingerprint density at radius 2 is 2.11 bits per heavy atom. The second kappa shape index (κ2) is 5.04. The third kappa shape index (κ3) is 3.57. The Morgan fingerprint density at radius 3 is 2.58 bits per heavy atom. The molecule has 0 saturated heterocycles. The Labute approximate surface area is 111 Å². The number of carboxylic acid groups (broad SMARTS) is 1. The van der Waals surface area contributed by atoms with Crippen molar-refractivity contribution in [3.8, 4) is 0 Å². The highest BCUT2D eigenvalue weighted by Crippen LogP contribution is 2.18. The van der Waals surface area contributed by atoms with Crippen LogP contribution in [0.3, 0.4) is 0 Å². The van der Waals surface area contributed by atoms with Crippen molar-refractivity contribution in [3.05, 3.63) is 17.8 Å². The number of hydrogen-bond donors (Lipinski definition) is 3. The van der Waals surface area contributed by atoms with Crippen LogP contribution in [0, 0.1) is 0 Å². The number of carbonyl (C=O) groups is 1. The zero-order valence-electron chi connectivity index (χ0n) is 11.0. The standard InChI is InChI=1S/C11H17N3O4S/c1-11(2,19(3,17)18)6-14-9-4-7(10(15)16)8(12)5-13-9/h4-5H,6,12H2,1-3H3,(H,13,14)(H,15,16). The number of carboxylic acids is 1. The van der Waals surface area contributed by atoms with Crippen molar-refractivity contribution < 1.29 is 18.3 Å². The number of nitrogens with zero attached hydrogens (tertiary/aromatic N) is 1. The van der Waals surface area contributed by atoms with E-state index < -0.39 is 20.6 Å². The average Bonchev–Trinajstić information content (AvgIpc) is 2.26. The summed E-state index contributed by atoms with van der Waals surface area (Å²) in [6.45, 7) is 3.26. The highest BCUT2D eigenvalue weighted by molar-refractivity contribution is 7.92. The van der Waals surface area contributed by atoms with E-state index in [1.807, 2.05) is 0 Å². The maximum Gasteiger partial charge on any atom is 0.337 e. The molecule has 8 heteroatoms. The molecule has 0 saturated carbocycles. The molecule has 1 aromatic rings.